The Balaban J connectivity index is 1.35. The molecule has 1 atom stereocenters. The van der Waals surface area contributed by atoms with Gasteiger partial charge >= 0.3 is 0 Å². The molecule has 1 fully saturated rings. The molecule has 0 saturated carbocycles. The molecule has 1 aromatic heterocycles. The molecule has 2 aliphatic heterocycles. The summed E-state index contributed by atoms with van der Waals surface area (Å²) in [5, 5.41) is 3.78. The van der Waals surface area contributed by atoms with Crippen molar-refractivity contribution in [1.29, 1.82) is 0 Å². The molecule has 6 nitrogen and oxygen atoms in total. The number of H-pyrrole nitrogens is 1. The molecule has 3 aromatic rings. The number of carbonyl (C=O) groups is 1. The Labute approximate surface area is 180 Å². The summed E-state index contributed by atoms with van der Waals surface area (Å²) in [5.74, 6) is 2.16. The lowest BCUT2D eigenvalue weighted by molar-refractivity contribution is 0.0925. The first kappa shape index (κ1) is 19.4. The Bertz CT molecular complexity index is 1090. The van der Waals surface area contributed by atoms with Crippen LogP contribution in [0, 0.1) is 0 Å². The van der Waals surface area contributed by atoms with Crippen molar-refractivity contribution in [1.82, 2.24) is 20.2 Å². The van der Waals surface area contributed by atoms with Crippen molar-refractivity contribution >= 4 is 28.5 Å². The van der Waals surface area contributed by atoms with Gasteiger partial charge in [-0.3, -0.25) is 4.79 Å². The lowest BCUT2D eigenvalue weighted by Crippen LogP contribution is -2.32. The van der Waals surface area contributed by atoms with Crippen LogP contribution in [0.2, 0.25) is 5.02 Å². The first-order valence-electron chi connectivity index (χ1n) is 10.5. The average molecular weight is 425 g/mol. The molecule has 5 rings (SSSR count). The van der Waals surface area contributed by atoms with E-state index >= 15 is 0 Å². The van der Waals surface area contributed by atoms with Gasteiger partial charge in [-0.2, -0.15) is 0 Å². The number of hydrogen-bond acceptors (Lipinski definition) is 4. The highest BCUT2D eigenvalue weighted by Crippen LogP contribution is 2.34. The van der Waals surface area contributed by atoms with Gasteiger partial charge in [0, 0.05) is 28.5 Å². The van der Waals surface area contributed by atoms with Crippen LogP contribution >= 0.6 is 11.6 Å². The van der Waals surface area contributed by atoms with E-state index in [-0.39, 0.29) is 11.9 Å². The van der Waals surface area contributed by atoms with Crippen LogP contribution in [0.15, 0.2) is 36.4 Å². The van der Waals surface area contributed by atoms with Crippen LogP contribution in [0.25, 0.3) is 11.0 Å². The molecular weight excluding hydrogens is 400 g/mol. The summed E-state index contributed by atoms with van der Waals surface area (Å²) >= 11 is 6.15. The van der Waals surface area contributed by atoms with E-state index in [4.69, 9.17) is 21.3 Å². The number of rotatable bonds is 3. The maximum Gasteiger partial charge on any atom is 0.251 e. The smallest absolute Gasteiger partial charge is 0.251 e. The van der Waals surface area contributed by atoms with Crippen molar-refractivity contribution in [3.05, 3.63) is 58.4 Å². The zero-order valence-electron chi connectivity index (χ0n) is 17.0. The summed E-state index contributed by atoms with van der Waals surface area (Å²) in [6.45, 7) is 2.75. The molecule has 2 aromatic carbocycles. The Morgan fingerprint density at radius 3 is 2.87 bits per heavy atom. The number of benzene rings is 2. The van der Waals surface area contributed by atoms with E-state index < -0.39 is 0 Å². The van der Waals surface area contributed by atoms with Crippen molar-refractivity contribution in [2.24, 2.45) is 0 Å². The largest absolute Gasteiger partial charge is 0.493 e. The van der Waals surface area contributed by atoms with E-state index in [1.807, 2.05) is 30.3 Å². The fourth-order valence-electron chi connectivity index (χ4n) is 4.40. The molecule has 1 amide bonds. The quantitative estimate of drug-likeness (QED) is 0.658. The summed E-state index contributed by atoms with van der Waals surface area (Å²) in [5.41, 5.74) is 3.36. The van der Waals surface area contributed by atoms with Crippen molar-refractivity contribution < 1.29 is 9.53 Å². The Kier molecular flexibility index (Phi) is 5.13. The van der Waals surface area contributed by atoms with Crippen LogP contribution in [0.1, 0.15) is 53.0 Å². The number of ether oxygens (including phenoxy) is 1. The maximum atomic E-state index is 13.0. The number of piperidine rings is 1. The van der Waals surface area contributed by atoms with E-state index in [0.29, 0.717) is 29.5 Å². The van der Waals surface area contributed by atoms with Crippen molar-refractivity contribution in [2.75, 3.05) is 26.7 Å². The van der Waals surface area contributed by atoms with Gasteiger partial charge in [0.25, 0.3) is 5.91 Å². The number of halogens is 1. The standard InChI is InChI=1S/C23H25ClN4O2/c1-28-9-6-14(7-10-28)22-25-19-4-2-15(12-20(19)26-22)23(29)27-18-8-11-30-21-5-3-16(24)13-17(18)21/h2-5,12-14,18H,6-11H2,1H3,(H,25,26)(H,27,29)/t18-/m1/s1. The Hall–Kier alpha value is -2.57. The third-order valence-electron chi connectivity index (χ3n) is 6.18. The number of aromatic nitrogens is 2. The molecule has 2 aliphatic rings. The minimum absolute atomic E-state index is 0.106. The van der Waals surface area contributed by atoms with Gasteiger partial charge < -0.3 is 19.9 Å². The van der Waals surface area contributed by atoms with E-state index in [1.54, 1.807) is 6.07 Å². The van der Waals surface area contributed by atoms with Crippen molar-refractivity contribution in [3.63, 3.8) is 0 Å². The molecule has 0 spiro atoms. The molecule has 0 bridgehead atoms. The van der Waals surface area contributed by atoms with Crippen LogP contribution in [0.4, 0.5) is 0 Å². The van der Waals surface area contributed by atoms with Crippen LogP contribution in [-0.2, 0) is 0 Å². The molecule has 0 unspecified atom stereocenters. The van der Waals surface area contributed by atoms with Crippen LogP contribution < -0.4 is 10.1 Å². The average Bonchev–Trinajstić information content (AvgIpc) is 3.18. The van der Waals surface area contributed by atoms with Gasteiger partial charge in [0.15, 0.2) is 0 Å². The number of hydrogen-bond donors (Lipinski definition) is 2. The first-order chi connectivity index (χ1) is 14.6. The highest BCUT2D eigenvalue weighted by molar-refractivity contribution is 6.30. The summed E-state index contributed by atoms with van der Waals surface area (Å²) in [7, 11) is 2.16. The first-order valence-corrected chi connectivity index (χ1v) is 10.9. The van der Waals surface area contributed by atoms with E-state index in [0.717, 1.165) is 54.1 Å². The number of amides is 1. The predicted octanol–water partition coefficient (Wildman–Crippen LogP) is 4.28. The van der Waals surface area contributed by atoms with E-state index in [2.05, 4.69) is 22.2 Å². The molecule has 1 saturated heterocycles. The third-order valence-corrected chi connectivity index (χ3v) is 6.42. The van der Waals surface area contributed by atoms with Gasteiger partial charge in [-0.25, -0.2) is 4.98 Å². The summed E-state index contributed by atoms with van der Waals surface area (Å²) < 4.78 is 5.69. The maximum absolute atomic E-state index is 13.0. The SMILES string of the molecule is CN1CCC(c2nc3ccc(C(=O)N[C@@H]4CCOc5ccc(Cl)cc54)cc3[nH]2)CC1. The highest BCUT2D eigenvalue weighted by atomic mass is 35.5. The fraction of sp³-hybridized carbons (Fsp3) is 0.391. The van der Waals surface area contributed by atoms with Gasteiger partial charge in [-0.15, -0.1) is 0 Å². The van der Waals surface area contributed by atoms with Crippen LogP contribution in [0.5, 0.6) is 5.75 Å². The van der Waals surface area contributed by atoms with Gasteiger partial charge in [-0.05, 0) is 69.4 Å². The number of imidazole rings is 1. The van der Waals surface area contributed by atoms with Crippen molar-refractivity contribution in [3.8, 4) is 5.75 Å². The van der Waals surface area contributed by atoms with E-state index in [9.17, 15) is 4.79 Å². The van der Waals surface area contributed by atoms with Gasteiger partial charge in [-0.1, -0.05) is 11.6 Å². The number of fused-ring (bicyclic) bond motifs is 2. The van der Waals surface area contributed by atoms with Crippen LogP contribution in [-0.4, -0.2) is 47.5 Å². The molecular formula is C23H25ClN4O2. The second kappa shape index (κ2) is 7.93. The highest BCUT2D eigenvalue weighted by Gasteiger charge is 2.25. The minimum atomic E-state index is -0.118. The van der Waals surface area contributed by atoms with Gasteiger partial charge in [0.2, 0.25) is 0 Å². The molecule has 30 heavy (non-hydrogen) atoms. The molecule has 3 heterocycles. The van der Waals surface area contributed by atoms with Gasteiger partial charge in [0.05, 0.1) is 23.7 Å². The minimum Gasteiger partial charge on any atom is -0.493 e. The van der Waals surface area contributed by atoms with Crippen molar-refractivity contribution in [2.45, 2.75) is 31.2 Å². The number of carbonyl (C=O) groups excluding carboxylic acids is 1. The third kappa shape index (κ3) is 3.77. The fourth-order valence-corrected chi connectivity index (χ4v) is 4.58. The number of nitrogens with zero attached hydrogens (tertiary/aromatic N) is 2. The molecule has 0 radical (unpaired) electrons. The van der Waals surface area contributed by atoms with Gasteiger partial charge in [0.1, 0.15) is 11.6 Å². The summed E-state index contributed by atoms with van der Waals surface area (Å²) in [6, 6.07) is 11.1. The molecule has 7 heteroatoms. The number of aromatic amines is 1. The lowest BCUT2D eigenvalue weighted by Gasteiger charge is -2.27. The summed E-state index contributed by atoms with van der Waals surface area (Å²) in [4.78, 5) is 23.6. The lowest BCUT2D eigenvalue weighted by atomic mass is 9.97. The van der Waals surface area contributed by atoms with E-state index in [1.165, 1.54) is 0 Å². The topological polar surface area (TPSA) is 70.2 Å². The Morgan fingerprint density at radius 1 is 1.20 bits per heavy atom. The zero-order valence-corrected chi connectivity index (χ0v) is 17.7. The zero-order chi connectivity index (χ0) is 20.7. The summed E-state index contributed by atoms with van der Waals surface area (Å²) in [6.07, 6.45) is 2.93. The van der Waals surface area contributed by atoms with Crippen LogP contribution in [0.3, 0.4) is 0 Å². The molecule has 2 N–H and O–H groups in total. The monoisotopic (exact) mass is 424 g/mol. The second-order valence-electron chi connectivity index (χ2n) is 8.28. The normalized spacial score (nSPS) is 20.0. The molecule has 0 aliphatic carbocycles. The Morgan fingerprint density at radius 2 is 2.03 bits per heavy atom. The number of nitrogens with one attached hydrogen (secondary N) is 2. The second-order valence-corrected chi connectivity index (χ2v) is 8.71. The molecule has 156 valence electrons. The predicted molar refractivity (Wildman–Crippen MR) is 117 cm³/mol. The number of likely N-dealkylation sites (tertiary alicyclic amines) is 1.